The topological polar surface area (TPSA) is 105 Å². The van der Waals surface area contributed by atoms with Crippen LogP contribution in [0.2, 0.25) is 0 Å². The molecule has 1 aliphatic heterocycles. The number of nitro groups is 1. The first kappa shape index (κ1) is 15.6. The van der Waals surface area contributed by atoms with E-state index in [0.717, 1.165) is 4.90 Å². The average molecular weight is 326 g/mol. The molecule has 1 atom stereocenters. The lowest BCUT2D eigenvalue weighted by Crippen LogP contribution is -2.41. The van der Waals surface area contributed by atoms with Crippen LogP contribution in [0, 0.1) is 10.1 Å². The van der Waals surface area contributed by atoms with E-state index in [1.54, 1.807) is 31.2 Å². The van der Waals surface area contributed by atoms with Gasteiger partial charge in [0.2, 0.25) is 0 Å². The first-order valence-corrected chi connectivity index (χ1v) is 7.21. The summed E-state index contributed by atoms with van der Waals surface area (Å²) in [5.74, 6) is -0.496. The molecular weight excluding hydrogens is 312 g/mol. The summed E-state index contributed by atoms with van der Waals surface area (Å²) in [6.45, 7) is 1.39. The molecule has 1 aromatic carbocycles. The van der Waals surface area contributed by atoms with E-state index < -0.39 is 22.4 Å². The summed E-state index contributed by atoms with van der Waals surface area (Å²) < 4.78 is 0. The van der Waals surface area contributed by atoms with Crippen molar-refractivity contribution in [1.82, 2.24) is 15.2 Å². The molecule has 1 N–H and O–H groups in total. The van der Waals surface area contributed by atoms with Gasteiger partial charge in [-0.1, -0.05) is 24.3 Å². The van der Waals surface area contributed by atoms with Crippen molar-refractivity contribution in [1.29, 1.82) is 0 Å². The molecule has 8 nitrogen and oxygen atoms in total. The van der Waals surface area contributed by atoms with Crippen molar-refractivity contribution < 1.29 is 14.5 Å². The van der Waals surface area contributed by atoms with Crippen molar-refractivity contribution in [2.45, 2.75) is 19.0 Å². The van der Waals surface area contributed by atoms with Gasteiger partial charge < -0.3 is 5.32 Å². The second-order valence-corrected chi connectivity index (χ2v) is 5.55. The fourth-order valence-corrected chi connectivity index (χ4v) is 2.67. The smallest absolute Gasteiger partial charge is 0.318 e. The molecule has 24 heavy (non-hydrogen) atoms. The highest BCUT2D eigenvalue weighted by atomic mass is 16.6. The van der Waals surface area contributed by atoms with Crippen LogP contribution in [0.1, 0.15) is 18.2 Å². The van der Waals surface area contributed by atoms with E-state index >= 15 is 0 Å². The number of carbonyl (C=O) groups excluding carboxylic acids is 2. The Morgan fingerprint density at radius 3 is 2.58 bits per heavy atom. The van der Waals surface area contributed by atoms with Crippen LogP contribution >= 0.6 is 0 Å². The first-order chi connectivity index (χ1) is 11.4. The van der Waals surface area contributed by atoms with Gasteiger partial charge in [0.25, 0.3) is 11.6 Å². The number of hydrogen-bond donors (Lipinski definition) is 1. The van der Waals surface area contributed by atoms with Gasteiger partial charge in [-0.15, -0.1) is 0 Å². The van der Waals surface area contributed by atoms with Crippen molar-refractivity contribution in [3.63, 3.8) is 0 Å². The van der Waals surface area contributed by atoms with Crippen LogP contribution in [0.3, 0.4) is 0 Å². The summed E-state index contributed by atoms with van der Waals surface area (Å²) >= 11 is 0. The largest absolute Gasteiger partial charge is 0.325 e. The summed E-state index contributed by atoms with van der Waals surface area (Å²) in [5, 5.41) is 13.7. The standard InChI is InChI=1S/C16H14N4O4/c1-16(13-8-4-5-9-17-13)14(21)19(15(22)18-16)10-11-6-2-3-7-12(11)20(23)24/h2-9H,10H2,1H3,(H,18,22)/t16-/m1/s1. The zero-order valence-electron chi connectivity index (χ0n) is 12.8. The van der Waals surface area contributed by atoms with E-state index in [9.17, 15) is 19.7 Å². The third-order valence-corrected chi connectivity index (χ3v) is 3.97. The van der Waals surface area contributed by atoms with Gasteiger partial charge in [0, 0.05) is 17.8 Å². The molecule has 3 amide bonds. The van der Waals surface area contributed by atoms with Crippen molar-refractivity contribution in [2.24, 2.45) is 0 Å². The number of nitrogens with zero attached hydrogens (tertiary/aromatic N) is 3. The number of imide groups is 1. The third kappa shape index (κ3) is 2.47. The van der Waals surface area contributed by atoms with E-state index in [4.69, 9.17) is 0 Å². The number of nitrogens with one attached hydrogen (secondary N) is 1. The molecule has 1 aliphatic rings. The second kappa shape index (κ2) is 5.73. The Morgan fingerprint density at radius 2 is 1.92 bits per heavy atom. The van der Waals surface area contributed by atoms with Gasteiger partial charge in [0.1, 0.15) is 0 Å². The van der Waals surface area contributed by atoms with Gasteiger partial charge in [0.05, 0.1) is 17.2 Å². The van der Waals surface area contributed by atoms with Gasteiger partial charge in [-0.2, -0.15) is 0 Å². The lowest BCUT2D eigenvalue weighted by atomic mass is 9.97. The van der Waals surface area contributed by atoms with Crippen molar-refractivity contribution in [3.05, 3.63) is 70.0 Å². The zero-order valence-corrected chi connectivity index (χ0v) is 12.8. The highest BCUT2D eigenvalue weighted by Crippen LogP contribution is 2.29. The number of aromatic nitrogens is 1. The number of urea groups is 1. The molecule has 1 fully saturated rings. The monoisotopic (exact) mass is 326 g/mol. The molecular formula is C16H14N4O4. The molecule has 0 saturated carbocycles. The number of para-hydroxylation sites is 1. The molecule has 0 spiro atoms. The molecule has 122 valence electrons. The van der Waals surface area contributed by atoms with E-state index in [0.29, 0.717) is 5.69 Å². The van der Waals surface area contributed by atoms with E-state index in [1.807, 2.05) is 0 Å². The minimum atomic E-state index is -1.29. The highest BCUT2D eigenvalue weighted by molar-refractivity contribution is 6.06. The van der Waals surface area contributed by atoms with Crippen molar-refractivity contribution in [2.75, 3.05) is 0 Å². The minimum absolute atomic E-state index is 0.135. The molecule has 0 unspecified atom stereocenters. The van der Waals surface area contributed by atoms with Crippen molar-refractivity contribution in [3.8, 4) is 0 Å². The number of benzene rings is 1. The van der Waals surface area contributed by atoms with Crippen LogP contribution in [0.25, 0.3) is 0 Å². The first-order valence-electron chi connectivity index (χ1n) is 7.21. The Morgan fingerprint density at radius 1 is 1.21 bits per heavy atom. The number of hydrogen-bond acceptors (Lipinski definition) is 5. The fourth-order valence-electron chi connectivity index (χ4n) is 2.67. The third-order valence-electron chi connectivity index (χ3n) is 3.97. The SMILES string of the molecule is C[C@]1(c2ccccn2)NC(=O)N(Cc2ccccc2[N+](=O)[O-])C1=O. The predicted octanol–water partition coefficient (Wildman–Crippen LogP) is 1.96. The summed E-state index contributed by atoms with van der Waals surface area (Å²) in [6.07, 6.45) is 1.53. The summed E-state index contributed by atoms with van der Waals surface area (Å²) in [7, 11) is 0. The van der Waals surface area contributed by atoms with E-state index in [1.165, 1.54) is 24.4 Å². The highest BCUT2D eigenvalue weighted by Gasteiger charge is 2.50. The minimum Gasteiger partial charge on any atom is -0.318 e. The lowest BCUT2D eigenvalue weighted by Gasteiger charge is -2.20. The lowest BCUT2D eigenvalue weighted by molar-refractivity contribution is -0.385. The van der Waals surface area contributed by atoms with Crippen LogP contribution < -0.4 is 5.32 Å². The molecule has 0 aliphatic carbocycles. The molecule has 2 aromatic rings. The zero-order chi connectivity index (χ0) is 17.3. The maximum absolute atomic E-state index is 12.8. The van der Waals surface area contributed by atoms with Crippen LogP contribution in [-0.2, 0) is 16.9 Å². The van der Waals surface area contributed by atoms with Gasteiger partial charge in [-0.3, -0.25) is 24.8 Å². The number of amides is 3. The number of pyridine rings is 1. The maximum Gasteiger partial charge on any atom is 0.325 e. The fraction of sp³-hybridized carbons (Fsp3) is 0.188. The quantitative estimate of drug-likeness (QED) is 0.525. The molecule has 8 heteroatoms. The normalized spacial score (nSPS) is 20.1. The summed E-state index contributed by atoms with van der Waals surface area (Å²) in [4.78, 5) is 40.7. The van der Waals surface area contributed by atoms with Gasteiger partial charge in [0.15, 0.2) is 5.54 Å². The van der Waals surface area contributed by atoms with Crippen LogP contribution in [-0.4, -0.2) is 26.7 Å². The Labute approximate surface area is 137 Å². The van der Waals surface area contributed by atoms with E-state index in [-0.39, 0.29) is 17.8 Å². The van der Waals surface area contributed by atoms with Gasteiger partial charge >= 0.3 is 6.03 Å². The van der Waals surface area contributed by atoms with E-state index in [2.05, 4.69) is 10.3 Å². The van der Waals surface area contributed by atoms with Crippen LogP contribution in [0.5, 0.6) is 0 Å². The molecule has 1 aromatic heterocycles. The molecule has 2 heterocycles. The Kier molecular flexibility index (Phi) is 3.72. The Balaban J connectivity index is 1.93. The predicted molar refractivity (Wildman–Crippen MR) is 83.8 cm³/mol. The maximum atomic E-state index is 12.8. The number of carbonyl (C=O) groups is 2. The average Bonchev–Trinajstić information content (AvgIpc) is 2.80. The summed E-state index contributed by atoms with van der Waals surface area (Å²) in [5.41, 5.74) is -0.726. The Bertz CT molecular complexity index is 824. The van der Waals surface area contributed by atoms with Gasteiger partial charge in [-0.25, -0.2) is 4.79 Å². The number of rotatable bonds is 4. The number of nitro benzene ring substituents is 1. The summed E-state index contributed by atoms with van der Waals surface area (Å²) in [6, 6.07) is 10.5. The molecule has 0 radical (unpaired) electrons. The van der Waals surface area contributed by atoms with Crippen molar-refractivity contribution >= 4 is 17.6 Å². The van der Waals surface area contributed by atoms with Crippen LogP contribution in [0.4, 0.5) is 10.5 Å². The van der Waals surface area contributed by atoms with Crippen LogP contribution in [0.15, 0.2) is 48.7 Å². The molecule has 3 rings (SSSR count). The molecule has 0 bridgehead atoms. The van der Waals surface area contributed by atoms with Gasteiger partial charge in [-0.05, 0) is 19.1 Å². The Hall–Kier alpha value is -3.29. The second-order valence-electron chi connectivity index (χ2n) is 5.55. The molecule has 1 saturated heterocycles.